The van der Waals surface area contributed by atoms with E-state index in [-0.39, 0.29) is 13.0 Å². The molecule has 0 radical (unpaired) electrons. The van der Waals surface area contributed by atoms with Crippen molar-refractivity contribution in [2.24, 2.45) is 5.73 Å². The minimum Gasteiger partial charge on any atom is -0.467 e. The molecule has 0 rings (SSSR count). The number of carbonyl (C=O) groups excluding carboxylic acids is 4. The Morgan fingerprint density at radius 3 is 1.97 bits per heavy atom. The summed E-state index contributed by atoms with van der Waals surface area (Å²) in [6.07, 6.45) is -5.05. The molecule has 0 saturated heterocycles. The largest absolute Gasteiger partial charge is 0.467 e. The highest BCUT2D eigenvalue weighted by molar-refractivity contribution is 5.87. The van der Waals surface area contributed by atoms with Crippen molar-refractivity contribution < 1.29 is 44.3 Å². The third-order valence-corrected chi connectivity index (χ3v) is 5.23. The normalized spacial score (nSPS) is 16.5. The van der Waals surface area contributed by atoms with Crippen molar-refractivity contribution >= 4 is 23.6 Å². The van der Waals surface area contributed by atoms with Gasteiger partial charge in [-0.1, -0.05) is 6.42 Å². The van der Waals surface area contributed by atoms with Crippen LogP contribution in [0.2, 0.25) is 0 Å². The van der Waals surface area contributed by atoms with Crippen LogP contribution < -0.4 is 21.7 Å². The number of aliphatic hydroxyl groups excluding tert-OH is 4. The molecule has 0 saturated carbocycles. The number of nitrogens with two attached hydrogens (primary N) is 1. The smallest absolute Gasteiger partial charge is 0.328 e. The Balaban J connectivity index is 4.49. The van der Waals surface area contributed by atoms with Crippen molar-refractivity contribution in [3.8, 4) is 0 Å². The summed E-state index contributed by atoms with van der Waals surface area (Å²) in [5.74, 6) is -2.93. The zero-order valence-electron chi connectivity index (χ0n) is 20.0. The lowest BCUT2D eigenvalue weighted by molar-refractivity contribution is -0.153. The summed E-state index contributed by atoms with van der Waals surface area (Å²) in [6.45, 7) is 1.85. The molecule has 0 fully saturated rings. The highest BCUT2D eigenvalue weighted by Gasteiger charge is 2.36. The van der Waals surface area contributed by atoms with Crippen LogP contribution in [0.4, 0.5) is 0 Å². The fraction of sp³-hybridized carbons (Fsp3) is 0.810. The molecule has 13 heteroatoms. The lowest BCUT2D eigenvalue weighted by atomic mass is 10.0. The molecule has 0 aromatic rings. The maximum absolute atomic E-state index is 12.3. The predicted molar refractivity (Wildman–Crippen MR) is 121 cm³/mol. The summed E-state index contributed by atoms with van der Waals surface area (Å²) in [5, 5.41) is 46.6. The second kappa shape index (κ2) is 17.3. The van der Waals surface area contributed by atoms with E-state index >= 15 is 0 Å². The number of unbranched alkanes of at least 4 members (excludes halogenated alkanes) is 2. The van der Waals surface area contributed by atoms with Crippen LogP contribution in [0.15, 0.2) is 0 Å². The second-order valence-corrected chi connectivity index (χ2v) is 8.06. The Morgan fingerprint density at radius 2 is 1.41 bits per heavy atom. The third kappa shape index (κ3) is 11.8. The summed E-state index contributed by atoms with van der Waals surface area (Å²) in [5.41, 5.74) is 5.88. The molecule has 2 amide bonds. The monoisotopic (exact) mass is 492 g/mol. The minimum absolute atomic E-state index is 0.0563. The fourth-order valence-corrected chi connectivity index (χ4v) is 3.03. The number of hydrogen-bond donors (Lipinski definition) is 8. The molecule has 0 aliphatic carbocycles. The summed E-state index contributed by atoms with van der Waals surface area (Å²) < 4.78 is 4.72. The molecule has 0 aliphatic rings. The van der Waals surface area contributed by atoms with Gasteiger partial charge in [-0.15, -0.1) is 0 Å². The van der Waals surface area contributed by atoms with Crippen molar-refractivity contribution in [1.29, 1.82) is 0 Å². The number of carbonyl (C=O) groups is 4. The van der Waals surface area contributed by atoms with Crippen molar-refractivity contribution in [2.75, 3.05) is 27.2 Å². The molecule has 0 spiro atoms. The van der Waals surface area contributed by atoms with E-state index in [9.17, 15) is 39.6 Å². The van der Waals surface area contributed by atoms with Gasteiger partial charge in [0.15, 0.2) is 11.9 Å². The van der Waals surface area contributed by atoms with Crippen LogP contribution in [0.25, 0.3) is 0 Å². The van der Waals surface area contributed by atoms with Crippen LogP contribution in [-0.4, -0.2) is 108 Å². The molecular weight excluding hydrogens is 452 g/mol. The Morgan fingerprint density at radius 1 is 0.853 bits per heavy atom. The van der Waals surface area contributed by atoms with E-state index in [0.717, 1.165) is 26.3 Å². The van der Waals surface area contributed by atoms with Crippen LogP contribution in [0.3, 0.4) is 0 Å². The number of esters is 1. The maximum atomic E-state index is 12.3. The number of aliphatic hydroxyl groups is 4. The van der Waals surface area contributed by atoms with E-state index in [1.807, 2.05) is 7.05 Å². The van der Waals surface area contributed by atoms with Gasteiger partial charge >= 0.3 is 5.97 Å². The highest BCUT2D eigenvalue weighted by atomic mass is 16.5. The number of rotatable bonds is 18. The van der Waals surface area contributed by atoms with E-state index in [1.165, 1.54) is 7.11 Å². The topological polar surface area (TPSA) is 221 Å². The summed E-state index contributed by atoms with van der Waals surface area (Å²) in [4.78, 5) is 47.2. The molecule has 0 aromatic carbocycles. The number of Topliss-reactive ketones (excluding diaryl/α,β-unsaturated/α-hetero) is 1. The predicted octanol–water partition coefficient (Wildman–Crippen LogP) is -3.32. The Labute approximate surface area is 199 Å². The van der Waals surface area contributed by atoms with Gasteiger partial charge in [0.2, 0.25) is 5.91 Å². The Hall–Kier alpha value is -2.16. The molecule has 13 nitrogen and oxygen atoms in total. The molecule has 9 N–H and O–H groups in total. The van der Waals surface area contributed by atoms with Gasteiger partial charge in [0.05, 0.1) is 13.2 Å². The molecule has 0 heterocycles. The van der Waals surface area contributed by atoms with Gasteiger partial charge in [0, 0.05) is 6.54 Å². The summed E-state index contributed by atoms with van der Waals surface area (Å²) in [6, 6.07) is -1.67. The van der Waals surface area contributed by atoms with Gasteiger partial charge in [-0.2, -0.15) is 0 Å². The molecule has 0 aromatic heterocycles. The van der Waals surface area contributed by atoms with Crippen LogP contribution in [0.1, 0.15) is 45.4 Å². The van der Waals surface area contributed by atoms with E-state index in [1.54, 1.807) is 0 Å². The number of ketones is 1. The first-order valence-electron chi connectivity index (χ1n) is 11.3. The molecular formula is C21H40N4O9. The standard InChI is InChI=1S/C21H40N4O9/c1-12(26)15(27)16(28)17(29)18(30)20(32)24-11-7-5-9-14(21(33)34-3)25-19(31)13(22)8-4-6-10-23-2/h13-18,23,27-30H,4-11,22H2,1-3H3,(H,24,32)(H,25,31)/t13-,14-,15?,16?,17?,18?/m0/s1. The van der Waals surface area contributed by atoms with E-state index in [4.69, 9.17) is 10.5 Å². The second-order valence-electron chi connectivity index (χ2n) is 8.06. The quantitative estimate of drug-likeness (QED) is 0.0698. The van der Waals surface area contributed by atoms with E-state index < -0.39 is 60.1 Å². The number of ether oxygens (including phenoxy) is 1. The molecule has 34 heavy (non-hydrogen) atoms. The molecule has 0 bridgehead atoms. The average Bonchev–Trinajstić information content (AvgIpc) is 2.82. The number of hydrogen-bond acceptors (Lipinski definition) is 11. The zero-order chi connectivity index (χ0) is 26.3. The first kappa shape index (κ1) is 31.8. The van der Waals surface area contributed by atoms with Crippen molar-refractivity contribution in [1.82, 2.24) is 16.0 Å². The van der Waals surface area contributed by atoms with Crippen LogP contribution in [-0.2, 0) is 23.9 Å². The minimum atomic E-state index is -2.07. The zero-order valence-corrected chi connectivity index (χ0v) is 20.0. The van der Waals surface area contributed by atoms with Crippen molar-refractivity contribution in [2.45, 2.75) is 81.9 Å². The van der Waals surface area contributed by atoms with Gasteiger partial charge in [-0.25, -0.2) is 4.79 Å². The average molecular weight is 493 g/mol. The third-order valence-electron chi connectivity index (χ3n) is 5.23. The molecule has 0 aliphatic heterocycles. The molecule has 6 atom stereocenters. The van der Waals surface area contributed by atoms with Gasteiger partial charge in [0.1, 0.15) is 24.4 Å². The lowest BCUT2D eigenvalue weighted by Crippen LogP contribution is -2.52. The summed E-state index contributed by atoms with van der Waals surface area (Å²) >= 11 is 0. The maximum Gasteiger partial charge on any atom is 0.328 e. The van der Waals surface area contributed by atoms with E-state index in [0.29, 0.717) is 19.3 Å². The molecule has 4 unspecified atom stereocenters. The first-order chi connectivity index (χ1) is 16.0. The first-order valence-corrected chi connectivity index (χ1v) is 11.3. The SMILES string of the molecule is CNCCCC[C@H](N)C(=O)N[C@@H](CCCCNC(=O)C(O)C(O)C(O)C(O)C(C)=O)C(=O)OC. The van der Waals surface area contributed by atoms with Crippen LogP contribution in [0, 0.1) is 0 Å². The fourth-order valence-electron chi connectivity index (χ4n) is 3.03. The number of methoxy groups -OCH3 is 1. The van der Waals surface area contributed by atoms with Crippen LogP contribution in [0.5, 0.6) is 0 Å². The highest BCUT2D eigenvalue weighted by Crippen LogP contribution is 2.08. The van der Waals surface area contributed by atoms with Gasteiger partial charge in [0.25, 0.3) is 5.91 Å². The van der Waals surface area contributed by atoms with Gasteiger partial charge in [-0.3, -0.25) is 14.4 Å². The Kier molecular flexibility index (Phi) is 16.2. The number of nitrogens with one attached hydrogen (secondary N) is 3. The Bertz CT molecular complexity index is 650. The summed E-state index contributed by atoms with van der Waals surface area (Å²) in [7, 11) is 3.03. The number of amides is 2. The van der Waals surface area contributed by atoms with Crippen molar-refractivity contribution in [3.63, 3.8) is 0 Å². The van der Waals surface area contributed by atoms with Gasteiger partial charge in [-0.05, 0) is 52.6 Å². The molecule has 198 valence electrons. The van der Waals surface area contributed by atoms with Gasteiger partial charge < -0.3 is 46.8 Å². The lowest BCUT2D eigenvalue weighted by Gasteiger charge is -2.24. The van der Waals surface area contributed by atoms with Crippen molar-refractivity contribution in [3.05, 3.63) is 0 Å². The van der Waals surface area contributed by atoms with Crippen LogP contribution >= 0.6 is 0 Å². The van der Waals surface area contributed by atoms with E-state index in [2.05, 4.69) is 16.0 Å².